The number of furan rings is 1. The van der Waals surface area contributed by atoms with Crippen LogP contribution in [0.1, 0.15) is 22.9 Å². The summed E-state index contributed by atoms with van der Waals surface area (Å²) in [6, 6.07) is 11.3. The Morgan fingerprint density at radius 1 is 1.12 bits per heavy atom. The summed E-state index contributed by atoms with van der Waals surface area (Å²) >= 11 is 0. The van der Waals surface area contributed by atoms with Crippen LogP contribution in [0.5, 0.6) is 0 Å². The van der Waals surface area contributed by atoms with Gasteiger partial charge in [-0.15, -0.1) is 0 Å². The lowest BCUT2D eigenvalue weighted by atomic mass is 10.00. The minimum Gasteiger partial charge on any atom is -0.468 e. The average molecular weight is 217 g/mol. The van der Waals surface area contributed by atoms with Crippen LogP contribution >= 0.6 is 0 Å². The van der Waals surface area contributed by atoms with E-state index in [-0.39, 0.29) is 12.6 Å². The molecule has 2 aromatic rings. The van der Waals surface area contributed by atoms with E-state index in [0.717, 1.165) is 16.9 Å². The highest BCUT2D eigenvalue weighted by Crippen LogP contribution is 2.19. The zero-order valence-electron chi connectivity index (χ0n) is 8.97. The van der Waals surface area contributed by atoms with Crippen molar-refractivity contribution in [2.45, 2.75) is 19.1 Å². The Kier molecular flexibility index (Phi) is 3.39. The molecule has 0 aliphatic rings. The van der Waals surface area contributed by atoms with E-state index in [1.54, 1.807) is 6.26 Å². The number of aliphatic hydroxyl groups excluding tert-OH is 1. The van der Waals surface area contributed by atoms with Gasteiger partial charge >= 0.3 is 0 Å². The van der Waals surface area contributed by atoms with Gasteiger partial charge < -0.3 is 15.3 Å². The lowest BCUT2D eigenvalue weighted by Gasteiger charge is -2.11. The summed E-state index contributed by atoms with van der Waals surface area (Å²) in [6.45, 7) is 0.0427. The smallest absolute Gasteiger partial charge is 0.120 e. The lowest BCUT2D eigenvalue weighted by Crippen LogP contribution is -2.13. The van der Waals surface area contributed by atoms with E-state index in [9.17, 15) is 5.11 Å². The normalized spacial score (nSPS) is 12.6. The maximum atomic E-state index is 9.20. The van der Waals surface area contributed by atoms with Crippen molar-refractivity contribution in [3.8, 4) is 0 Å². The van der Waals surface area contributed by atoms with Crippen molar-refractivity contribution in [2.75, 3.05) is 0 Å². The number of hydrogen-bond donors (Lipinski definition) is 2. The molecule has 3 N–H and O–H groups in total. The summed E-state index contributed by atoms with van der Waals surface area (Å²) in [5.74, 6) is 0.771. The average Bonchev–Trinajstić information content (AvgIpc) is 2.83. The largest absolute Gasteiger partial charge is 0.468 e. The van der Waals surface area contributed by atoms with E-state index in [1.807, 2.05) is 36.4 Å². The number of rotatable bonds is 4. The first-order valence-corrected chi connectivity index (χ1v) is 5.28. The minimum absolute atomic E-state index is 0.0427. The van der Waals surface area contributed by atoms with Crippen molar-refractivity contribution in [1.82, 2.24) is 0 Å². The molecular formula is C13H15NO2. The van der Waals surface area contributed by atoms with Crippen LogP contribution in [0.25, 0.3) is 0 Å². The topological polar surface area (TPSA) is 59.4 Å². The fraction of sp³-hybridized carbons (Fsp3) is 0.231. The Morgan fingerprint density at radius 2 is 1.88 bits per heavy atom. The van der Waals surface area contributed by atoms with E-state index < -0.39 is 0 Å². The van der Waals surface area contributed by atoms with E-state index in [4.69, 9.17) is 10.2 Å². The molecule has 1 aromatic carbocycles. The Bertz CT molecular complexity index is 437. The Balaban J connectivity index is 2.14. The zero-order chi connectivity index (χ0) is 11.4. The van der Waals surface area contributed by atoms with Gasteiger partial charge in [-0.25, -0.2) is 0 Å². The van der Waals surface area contributed by atoms with Crippen molar-refractivity contribution in [3.05, 3.63) is 59.5 Å². The van der Waals surface area contributed by atoms with E-state index >= 15 is 0 Å². The molecule has 84 valence electrons. The second kappa shape index (κ2) is 4.96. The molecule has 1 unspecified atom stereocenters. The van der Waals surface area contributed by atoms with Gasteiger partial charge in [0, 0.05) is 0 Å². The molecule has 0 saturated carbocycles. The summed E-state index contributed by atoms with van der Waals surface area (Å²) in [4.78, 5) is 0. The fourth-order valence-electron chi connectivity index (χ4n) is 1.75. The zero-order valence-corrected chi connectivity index (χ0v) is 8.97. The predicted octanol–water partition coefficient (Wildman–Crippen LogP) is 2.01. The Hall–Kier alpha value is -1.58. The van der Waals surface area contributed by atoms with Gasteiger partial charge in [-0.3, -0.25) is 0 Å². The third-order valence-corrected chi connectivity index (χ3v) is 2.64. The van der Waals surface area contributed by atoms with Crippen LogP contribution in [0, 0.1) is 0 Å². The van der Waals surface area contributed by atoms with Crippen LogP contribution in [-0.2, 0) is 13.0 Å². The highest BCUT2D eigenvalue weighted by atomic mass is 16.3. The second-order valence-electron chi connectivity index (χ2n) is 3.75. The third-order valence-electron chi connectivity index (χ3n) is 2.64. The highest BCUT2D eigenvalue weighted by molar-refractivity contribution is 5.28. The van der Waals surface area contributed by atoms with E-state index in [2.05, 4.69) is 0 Å². The van der Waals surface area contributed by atoms with E-state index in [1.165, 1.54) is 0 Å². The third kappa shape index (κ3) is 2.32. The minimum atomic E-state index is -0.164. The number of aliphatic hydroxyl groups is 1. The van der Waals surface area contributed by atoms with Crippen LogP contribution in [0.2, 0.25) is 0 Å². The fourth-order valence-corrected chi connectivity index (χ4v) is 1.75. The molecule has 0 bridgehead atoms. The SMILES string of the molecule is NC(Cc1ccccc1CO)c1ccco1. The van der Waals surface area contributed by atoms with Crippen LogP contribution in [0.3, 0.4) is 0 Å². The highest BCUT2D eigenvalue weighted by Gasteiger charge is 2.11. The number of nitrogens with two attached hydrogens (primary N) is 1. The molecule has 0 aliphatic heterocycles. The molecule has 16 heavy (non-hydrogen) atoms. The second-order valence-corrected chi connectivity index (χ2v) is 3.75. The maximum absolute atomic E-state index is 9.20. The molecule has 0 amide bonds. The van der Waals surface area contributed by atoms with Crippen molar-refractivity contribution in [2.24, 2.45) is 5.73 Å². The van der Waals surface area contributed by atoms with Crippen molar-refractivity contribution >= 4 is 0 Å². The Labute approximate surface area is 94.5 Å². The Morgan fingerprint density at radius 3 is 2.50 bits per heavy atom. The van der Waals surface area contributed by atoms with Crippen molar-refractivity contribution < 1.29 is 9.52 Å². The van der Waals surface area contributed by atoms with Crippen LogP contribution in [-0.4, -0.2) is 5.11 Å². The molecule has 3 heteroatoms. The molecule has 0 radical (unpaired) electrons. The molecule has 0 saturated heterocycles. The lowest BCUT2D eigenvalue weighted by molar-refractivity contribution is 0.280. The van der Waals surface area contributed by atoms with Crippen molar-refractivity contribution in [3.63, 3.8) is 0 Å². The van der Waals surface area contributed by atoms with Crippen LogP contribution in [0.4, 0.5) is 0 Å². The quantitative estimate of drug-likeness (QED) is 0.823. The van der Waals surface area contributed by atoms with Gasteiger partial charge in [0.25, 0.3) is 0 Å². The number of hydrogen-bond acceptors (Lipinski definition) is 3. The van der Waals surface area contributed by atoms with Gasteiger partial charge in [-0.05, 0) is 29.7 Å². The molecule has 0 fully saturated rings. The molecule has 3 nitrogen and oxygen atoms in total. The van der Waals surface area contributed by atoms with Gasteiger partial charge in [-0.1, -0.05) is 24.3 Å². The summed E-state index contributed by atoms with van der Waals surface area (Å²) in [5.41, 5.74) is 8.00. The first-order valence-electron chi connectivity index (χ1n) is 5.28. The number of benzene rings is 1. The maximum Gasteiger partial charge on any atom is 0.120 e. The standard InChI is InChI=1S/C13H15NO2/c14-12(13-6-3-7-16-13)8-10-4-1-2-5-11(10)9-15/h1-7,12,15H,8-9,14H2. The summed E-state index contributed by atoms with van der Waals surface area (Å²) in [7, 11) is 0. The van der Waals surface area contributed by atoms with Gasteiger partial charge in [0.05, 0.1) is 18.9 Å². The molecule has 2 rings (SSSR count). The molecule has 1 heterocycles. The van der Waals surface area contributed by atoms with E-state index in [0.29, 0.717) is 6.42 Å². The summed E-state index contributed by atoms with van der Waals surface area (Å²) in [6.07, 6.45) is 2.29. The van der Waals surface area contributed by atoms with Crippen LogP contribution < -0.4 is 5.73 Å². The van der Waals surface area contributed by atoms with Gasteiger partial charge in [0.1, 0.15) is 5.76 Å². The molecule has 0 aliphatic carbocycles. The van der Waals surface area contributed by atoms with Gasteiger partial charge in [0.2, 0.25) is 0 Å². The monoisotopic (exact) mass is 217 g/mol. The van der Waals surface area contributed by atoms with Crippen LogP contribution in [0.15, 0.2) is 47.1 Å². The molecule has 0 spiro atoms. The van der Waals surface area contributed by atoms with Gasteiger partial charge in [-0.2, -0.15) is 0 Å². The van der Waals surface area contributed by atoms with Crippen molar-refractivity contribution in [1.29, 1.82) is 0 Å². The molecular weight excluding hydrogens is 202 g/mol. The van der Waals surface area contributed by atoms with Gasteiger partial charge in [0.15, 0.2) is 0 Å². The first-order chi connectivity index (χ1) is 7.81. The first kappa shape index (κ1) is 10.9. The predicted molar refractivity (Wildman–Crippen MR) is 61.7 cm³/mol. The molecule has 1 atom stereocenters. The summed E-state index contributed by atoms with van der Waals surface area (Å²) in [5, 5.41) is 9.20. The molecule has 1 aromatic heterocycles. The summed E-state index contributed by atoms with van der Waals surface area (Å²) < 4.78 is 5.25.